The number of alkyl halides is 3. The maximum absolute atomic E-state index is 13.4. The van der Waals surface area contributed by atoms with E-state index in [1.165, 1.54) is 19.3 Å². The van der Waals surface area contributed by atoms with Gasteiger partial charge in [-0.3, -0.25) is 4.72 Å². The third kappa shape index (κ3) is 3.98. The zero-order valence-electron chi connectivity index (χ0n) is 17.5. The van der Waals surface area contributed by atoms with E-state index in [-0.39, 0.29) is 36.7 Å². The lowest BCUT2D eigenvalue weighted by molar-refractivity contribution is -0.198. The Kier molecular flexibility index (Phi) is 5.30. The number of fused-ring (bicyclic) bond motifs is 1. The number of sulfonamides is 1. The van der Waals surface area contributed by atoms with Crippen LogP contribution in [0.2, 0.25) is 0 Å². The van der Waals surface area contributed by atoms with Gasteiger partial charge in [0.15, 0.2) is 11.7 Å². The smallest absolute Gasteiger partial charge is 0.397 e. The Morgan fingerprint density at radius 3 is 2.69 bits per heavy atom. The van der Waals surface area contributed by atoms with E-state index in [1.807, 2.05) is 0 Å². The van der Waals surface area contributed by atoms with Crippen LogP contribution in [0.5, 0.6) is 0 Å². The lowest BCUT2D eigenvalue weighted by atomic mass is 9.95. The molecule has 8 nitrogen and oxygen atoms in total. The molecular weight excluding hydrogens is 449 g/mol. The summed E-state index contributed by atoms with van der Waals surface area (Å²) in [5.41, 5.74) is 0.474. The SMILES string of the molecule is CCS(=O)(=O)NC1=CNC(OCC2(C(F)(F)F)CC2)=C(c2cc(C)n(O)c3nccc2-3)C1. The van der Waals surface area contributed by atoms with Crippen LogP contribution < -0.4 is 10.0 Å². The summed E-state index contributed by atoms with van der Waals surface area (Å²) in [6.45, 7) is 2.60. The molecule has 0 saturated heterocycles. The summed E-state index contributed by atoms with van der Waals surface area (Å²) >= 11 is 0. The molecule has 1 saturated carbocycles. The molecule has 4 rings (SSSR count). The first-order valence-corrected chi connectivity index (χ1v) is 11.7. The first-order chi connectivity index (χ1) is 15.0. The molecule has 0 aromatic heterocycles. The molecule has 4 aliphatic rings. The Balaban J connectivity index is 1.72. The van der Waals surface area contributed by atoms with Crippen molar-refractivity contribution in [2.45, 2.75) is 39.3 Å². The van der Waals surface area contributed by atoms with Crippen LogP contribution >= 0.6 is 0 Å². The van der Waals surface area contributed by atoms with Crippen LogP contribution in [0.25, 0.3) is 17.0 Å². The number of allylic oxidation sites excluding steroid dienone is 1. The monoisotopic (exact) mass is 472 g/mol. The van der Waals surface area contributed by atoms with Gasteiger partial charge in [-0.25, -0.2) is 13.4 Å². The van der Waals surface area contributed by atoms with Crippen LogP contribution in [0.15, 0.2) is 36.1 Å². The minimum atomic E-state index is -4.37. The van der Waals surface area contributed by atoms with E-state index in [0.29, 0.717) is 28.1 Å². The van der Waals surface area contributed by atoms with Gasteiger partial charge in [-0.05, 0) is 44.4 Å². The van der Waals surface area contributed by atoms with Crippen molar-refractivity contribution in [1.82, 2.24) is 19.8 Å². The predicted octanol–water partition coefficient (Wildman–Crippen LogP) is 3.34. The average Bonchev–Trinajstić information content (AvgIpc) is 3.38. The summed E-state index contributed by atoms with van der Waals surface area (Å²) in [5.74, 6) is 0.246. The van der Waals surface area contributed by atoms with Crippen molar-refractivity contribution in [3.05, 3.63) is 47.4 Å². The highest BCUT2D eigenvalue weighted by Gasteiger charge is 2.64. The van der Waals surface area contributed by atoms with Crippen molar-refractivity contribution in [2.24, 2.45) is 5.41 Å². The van der Waals surface area contributed by atoms with E-state index in [2.05, 4.69) is 15.0 Å². The molecule has 3 N–H and O–H groups in total. The normalized spacial score (nSPS) is 18.3. The Bertz CT molecular complexity index is 1180. The number of pyridine rings is 1. The first-order valence-electron chi connectivity index (χ1n) is 10.0. The lowest BCUT2D eigenvalue weighted by Crippen LogP contribution is -2.32. The highest BCUT2D eigenvalue weighted by molar-refractivity contribution is 7.89. The second-order valence-corrected chi connectivity index (χ2v) is 10.1. The fraction of sp³-hybridized carbons (Fsp3) is 0.450. The fourth-order valence-corrected chi connectivity index (χ4v) is 4.26. The molecule has 1 aliphatic carbocycles. The van der Waals surface area contributed by atoms with Gasteiger partial charge in [0.05, 0.1) is 11.4 Å². The van der Waals surface area contributed by atoms with Gasteiger partial charge in [0, 0.05) is 35.7 Å². The molecular formula is C20H23F3N4O4S. The Labute approximate surface area is 183 Å². The Hall–Kier alpha value is -2.89. The van der Waals surface area contributed by atoms with E-state index < -0.39 is 28.2 Å². The van der Waals surface area contributed by atoms with Gasteiger partial charge in [-0.1, -0.05) is 0 Å². The third-order valence-corrected chi connectivity index (χ3v) is 7.15. The second-order valence-electron chi connectivity index (χ2n) is 8.06. The molecule has 3 heterocycles. The first kappa shape index (κ1) is 22.3. The summed E-state index contributed by atoms with van der Waals surface area (Å²) < 4.78 is 73.2. The largest absolute Gasteiger partial charge is 0.478 e. The van der Waals surface area contributed by atoms with Crippen molar-refractivity contribution in [1.29, 1.82) is 0 Å². The number of ether oxygens (including phenoxy) is 1. The van der Waals surface area contributed by atoms with Crippen LogP contribution in [0, 0.1) is 12.3 Å². The minimum absolute atomic E-state index is 0.00246. The van der Waals surface area contributed by atoms with Crippen LogP contribution in [-0.2, 0) is 14.8 Å². The highest BCUT2D eigenvalue weighted by atomic mass is 32.2. The van der Waals surface area contributed by atoms with Gasteiger partial charge in [0.25, 0.3) is 0 Å². The number of dihydropyridines is 1. The molecule has 0 radical (unpaired) electrons. The summed E-state index contributed by atoms with van der Waals surface area (Å²) in [5, 5.41) is 13.1. The Morgan fingerprint density at radius 1 is 1.34 bits per heavy atom. The second kappa shape index (κ2) is 7.61. The van der Waals surface area contributed by atoms with Gasteiger partial charge in [-0.15, -0.1) is 0 Å². The number of rotatable bonds is 7. The van der Waals surface area contributed by atoms with Gasteiger partial charge in [-0.2, -0.15) is 17.9 Å². The zero-order valence-corrected chi connectivity index (χ0v) is 18.3. The summed E-state index contributed by atoms with van der Waals surface area (Å²) in [4.78, 5) is 4.13. The van der Waals surface area contributed by atoms with Gasteiger partial charge in [0.1, 0.15) is 12.0 Å². The third-order valence-electron chi connectivity index (χ3n) is 5.82. The van der Waals surface area contributed by atoms with Gasteiger partial charge >= 0.3 is 6.18 Å². The van der Waals surface area contributed by atoms with Crippen LogP contribution in [-0.4, -0.2) is 41.9 Å². The molecule has 0 amide bonds. The highest BCUT2D eigenvalue weighted by Crippen LogP contribution is 2.58. The predicted molar refractivity (Wildman–Crippen MR) is 110 cm³/mol. The Morgan fingerprint density at radius 2 is 2.06 bits per heavy atom. The number of aromatic nitrogens is 2. The van der Waals surface area contributed by atoms with Crippen molar-refractivity contribution in [3.63, 3.8) is 0 Å². The molecule has 32 heavy (non-hydrogen) atoms. The number of hydrogen-bond acceptors (Lipinski definition) is 6. The number of halogens is 3. The maximum atomic E-state index is 13.4. The molecule has 174 valence electrons. The van der Waals surface area contributed by atoms with Crippen molar-refractivity contribution < 1.29 is 31.5 Å². The van der Waals surface area contributed by atoms with E-state index in [1.54, 1.807) is 19.1 Å². The molecule has 0 spiro atoms. The molecule has 0 unspecified atom stereocenters. The molecule has 0 atom stereocenters. The average molecular weight is 472 g/mol. The van der Waals surface area contributed by atoms with Crippen molar-refractivity contribution in [2.75, 3.05) is 12.4 Å². The summed E-state index contributed by atoms with van der Waals surface area (Å²) in [6.07, 6.45) is -1.42. The lowest BCUT2D eigenvalue weighted by Gasteiger charge is -2.27. The van der Waals surface area contributed by atoms with Crippen LogP contribution in [0.1, 0.15) is 37.4 Å². The fourth-order valence-electron chi connectivity index (χ4n) is 3.59. The molecule has 0 aromatic carbocycles. The van der Waals surface area contributed by atoms with E-state index >= 15 is 0 Å². The van der Waals surface area contributed by atoms with E-state index in [0.717, 1.165) is 4.73 Å². The summed E-state index contributed by atoms with van der Waals surface area (Å²) in [7, 11) is -3.56. The van der Waals surface area contributed by atoms with Crippen molar-refractivity contribution in [3.8, 4) is 11.4 Å². The maximum Gasteiger partial charge on any atom is 0.397 e. The molecule has 12 heteroatoms. The van der Waals surface area contributed by atoms with Crippen molar-refractivity contribution >= 4 is 15.6 Å². The standard InChI is InChI=1S/C20H23F3N4O4S/c1-3-32(29,30)26-13-9-16(15-8-12(2)27(28)17-14(15)4-7-24-17)18(25-10-13)31-11-19(5-6-19)20(21,22)23/h4,7-8,10,25-26,28H,3,5-6,9,11H2,1-2H3. The number of aryl methyl sites for hydroxylation is 1. The topological polar surface area (TPSA) is 105 Å². The number of nitrogens with zero attached hydrogens (tertiary/aromatic N) is 2. The number of hydrogen-bond donors (Lipinski definition) is 3. The van der Waals surface area contributed by atoms with E-state index in [4.69, 9.17) is 4.74 Å². The molecule has 0 bridgehead atoms. The summed E-state index contributed by atoms with van der Waals surface area (Å²) in [6, 6.07) is 3.31. The minimum Gasteiger partial charge on any atom is -0.478 e. The van der Waals surface area contributed by atoms with Gasteiger partial charge in [0.2, 0.25) is 10.0 Å². The van der Waals surface area contributed by atoms with Crippen LogP contribution in [0.4, 0.5) is 13.2 Å². The van der Waals surface area contributed by atoms with E-state index in [9.17, 15) is 26.8 Å². The number of nitrogens with one attached hydrogen (secondary N) is 2. The van der Waals surface area contributed by atoms with Gasteiger partial charge < -0.3 is 15.3 Å². The quantitative estimate of drug-likeness (QED) is 0.534. The molecule has 0 aromatic rings. The van der Waals surface area contributed by atoms with Crippen LogP contribution in [0.3, 0.4) is 0 Å². The molecule has 3 aliphatic heterocycles. The zero-order chi connectivity index (χ0) is 23.3. The molecule has 1 fully saturated rings.